The Bertz CT molecular complexity index is 483. The molecule has 0 saturated carbocycles. The summed E-state index contributed by atoms with van der Waals surface area (Å²) in [6, 6.07) is 2.93. The Morgan fingerprint density at radius 1 is 1.33 bits per heavy atom. The maximum atomic E-state index is 12.3. The van der Waals surface area contributed by atoms with Crippen LogP contribution in [-0.2, 0) is 10.0 Å². The Hall–Kier alpha value is -1.14. The lowest BCUT2D eigenvalue weighted by atomic mass is 10.1. The van der Waals surface area contributed by atoms with Crippen molar-refractivity contribution in [1.82, 2.24) is 9.29 Å². The first kappa shape index (κ1) is 14.9. The zero-order valence-electron chi connectivity index (χ0n) is 11.3. The first-order valence-electron chi connectivity index (χ1n) is 5.94. The summed E-state index contributed by atoms with van der Waals surface area (Å²) in [6.07, 6.45) is 2.11. The van der Waals surface area contributed by atoms with E-state index in [0.717, 1.165) is 6.42 Å². The summed E-state index contributed by atoms with van der Waals surface area (Å²) in [5, 5.41) is 0. The number of nitrogen functional groups attached to an aromatic ring is 1. The van der Waals surface area contributed by atoms with Gasteiger partial charge in [-0.2, -0.15) is 4.31 Å². The lowest BCUT2D eigenvalue weighted by Gasteiger charge is -2.25. The summed E-state index contributed by atoms with van der Waals surface area (Å²) in [6.45, 7) is 6.05. The van der Waals surface area contributed by atoms with Gasteiger partial charge in [0.15, 0.2) is 0 Å². The topological polar surface area (TPSA) is 76.3 Å². The van der Waals surface area contributed by atoms with E-state index in [1.807, 2.05) is 6.92 Å². The van der Waals surface area contributed by atoms with Crippen molar-refractivity contribution in [3.8, 4) is 0 Å². The summed E-state index contributed by atoms with van der Waals surface area (Å²) < 4.78 is 26.0. The second kappa shape index (κ2) is 5.67. The highest BCUT2D eigenvalue weighted by Gasteiger charge is 2.25. The molecule has 0 amide bonds. The van der Waals surface area contributed by atoms with Crippen molar-refractivity contribution in [3.63, 3.8) is 0 Å². The van der Waals surface area contributed by atoms with Crippen LogP contribution < -0.4 is 5.73 Å². The third kappa shape index (κ3) is 3.43. The Balaban J connectivity index is 2.96. The lowest BCUT2D eigenvalue weighted by molar-refractivity contribution is 0.337. The monoisotopic (exact) mass is 271 g/mol. The van der Waals surface area contributed by atoms with Gasteiger partial charge >= 0.3 is 0 Å². The normalized spacial score (nSPS) is 14.1. The average molecular weight is 271 g/mol. The molecule has 18 heavy (non-hydrogen) atoms. The van der Waals surface area contributed by atoms with Crippen LogP contribution in [0.4, 0.5) is 5.82 Å². The Labute approximate surface area is 109 Å². The van der Waals surface area contributed by atoms with E-state index < -0.39 is 10.0 Å². The molecule has 0 bridgehead atoms. The average Bonchev–Trinajstić information content (AvgIpc) is 2.27. The number of pyridine rings is 1. The van der Waals surface area contributed by atoms with Crippen LogP contribution in [0.5, 0.6) is 0 Å². The fourth-order valence-electron chi connectivity index (χ4n) is 1.78. The van der Waals surface area contributed by atoms with Gasteiger partial charge in [0.25, 0.3) is 0 Å². The van der Waals surface area contributed by atoms with Gasteiger partial charge < -0.3 is 5.73 Å². The molecule has 0 aromatic carbocycles. The maximum Gasteiger partial charge on any atom is 0.244 e. The summed E-state index contributed by atoms with van der Waals surface area (Å²) in [5.74, 6) is 0.758. The van der Waals surface area contributed by atoms with Gasteiger partial charge in [0.2, 0.25) is 10.0 Å². The largest absolute Gasteiger partial charge is 0.384 e. The molecule has 1 atom stereocenters. The van der Waals surface area contributed by atoms with Crippen molar-refractivity contribution in [1.29, 1.82) is 0 Å². The van der Waals surface area contributed by atoms with E-state index >= 15 is 0 Å². The molecule has 102 valence electrons. The molecule has 1 aromatic rings. The van der Waals surface area contributed by atoms with Crippen LogP contribution >= 0.6 is 0 Å². The van der Waals surface area contributed by atoms with Gasteiger partial charge in [-0.25, -0.2) is 13.4 Å². The number of hydrogen-bond donors (Lipinski definition) is 1. The molecule has 0 aliphatic heterocycles. The third-order valence-corrected chi connectivity index (χ3v) is 4.82. The van der Waals surface area contributed by atoms with Crippen LogP contribution in [0, 0.1) is 5.92 Å². The van der Waals surface area contributed by atoms with E-state index in [9.17, 15) is 8.42 Å². The quantitative estimate of drug-likeness (QED) is 0.884. The molecule has 0 aliphatic carbocycles. The first-order chi connectivity index (χ1) is 8.25. The van der Waals surface area contributed by atoms with Crippen LogP contribution in [0.25, 0.3) is 0 Å². The summed E-state index contributed by atoms with van der Waals surface area (Å²) in [5.41, 5.74) is 5.45. The van der Waals surface area contributed by atoms with Crippen molar-refractivity contribution in [2.75, 3.05) is 12.8 Å². The highest BCUT2D eigenvalue weighted by molar-refractivity contribution is 7.89. The fraction of sp³-hybridized carbons (Fsp3) is 0.583. The highest BCUT2D eigenvalue weighted by atomic mass is 32.2. The number of nitrogens with two attached hydrogens (primary N) is 1. The van der Waals surface area contributed by atoms with Gasteiger partial charge in [-0.05, 0) is 31.4 Å². The molecular formula is C12H21N3O2S. The molecule has 1 unspecified atom stereocenters. The molecule has 0 spiro atoms. The number of nitrogens with zero attached hydrogens (tertiary/aromatic N) is 2. The number of rotatable bonds is 5. The molecule has 0 radical (unpaired) electrons. The van der Waals surface area contributed by atoms with Gasteiger partial charge in [-0.1, -0.05) is 13.8 Å². The number of hydrogen-bond acceptors (Lipinski definition) is 4. The Kier molecular flexibility index (Phi) is 4.70. The first-order valence-corrected chi connectivity index (χ1v) is 7.38. The van der Waals surface area contributed by atoms with Gasteiger partial charge in [-0.15, -0.1) is 0 Å². The van der Waals surface area contributed by atoms with Gasteiger partial charge in [0.05, 0.1) is 0 Å². The standard InChI is InChI=1S/C12H21N3O2S/c1-9(2)7-10(3)15(4)18(16,17)11-5-6-12(13)14-8-11/h5-6,8-10H,7H2,1-4H3,(H2,13,14). The molecule has 5 nitrogen and oxygen atoms in total. The van der Waals surface area contributed by atoms with Crippen LogP contribution in [0.3, 0.4) is 0 Å². The van der Waals surface area contributed by atoms with E-state index in [2.05, 4.69) is 18.8 Å². The number of aromatic nitrogens is 1. The second-order valence-corrected chi connectivity index (χ2v) is 6.92. The highest BCUT2D eigenvalue weighted by Crippen LogP contribution is 2.19. The van der Waals surface area contributed by atoms with Crippen molar-refractivity contribution >= 4 is 15.8 Å². The Morgan fingerprint density at radius 3 is 2.39 bits per heavy atom. The predicted octanol–water partition coefficient (Wildman–Crippen LogP) is 1.72. The van der Waals surface area contributed by atoms with E-state index in [1.165, 1.54) is 22.6 Å². The van der Waals surface area contributed by atoms with E-state index in [0.29, 0.717) is 11.7 Å². The molecule has 0 fully saturated rings. The zero-order valence-corrected chi connectivity index (χ0v) is 12.1. The SMILES string of the molecule is CC(C)CC(C)N(C)S(=O)(=O)c1ccc(N)nc1. The number of anilines is 1. The molecule has 2 N–H and O–H groups in total. The molecular weight excluding hydrogens is 250 g/mol. The zero-order chi connectivity index (χ0) is 13.9. The Morgan fingerprint density at radius 2 is 1.94 bits per heavy atom. The van der Waals surface area contributed by atoms with Crippen molar-refractivity contribution < 1.29 is 8.42 Å². The number of sulfonamides is 1. The van der Waals surface area contributed by atoms with Crippen molar-refractivity contribution in [2.24, 2.45) is 5.92 Å². The molecule has 0 aliphatic rings. The minimum Gasteiger partial charge on any atom is -0.384 e. The van der Waals surface area contributed by atoms with Crippen LogP contribution in [-0.4, -0.2) is 30.8 Å². The van der Waals surface area contributed by atoms with Crippen LogP contribution in [0.1, 0.15) is 27.2 Å². The van der Waals surface area contributed by atoms with Crippen molar-refractivity contribution in [2.45, 2.75) is 38.1 Å². The second-order valence-electron chi connectivity index (χ2n) is 4.92. The molecule has 0 saturated heterocycles. The van der Waals surface area contributed by atoms with Gasteiger partial charge in [-0.3, -0.25) is 0 Å². The van der Waals surface area contributed by atoms with Crippen LogP contribution in [0.2, 0.25) is 0 Å². The molecule has 1 rings (SSSR count). The van der Waals surface area contributed by atoms with Crippen molar-refractivity contribution in [3.05, 3.63) is 18.3 Å². The molecule has 1 aromatic heterocycles. The molecule has 1 heterocycles. The minimum absolute atomic E-state index is 0.0486. The van der Waals surface area contributed by atoms with E-state index in [1.54, 1.807) is 7.05 Å². The lowest BCUT2D eigenvalue weighted by Crippen LogP contribution is -2.35. The summed E-state index contributed by atoms with van der Waals surface area (Å²) >= 11 is 0. The van der Waals surface area contributed by atoms with Gasteiger partial charge in [0, 0.05) is 19.3 Å². The maximum absolute atomic E-state index is 12.3. The minimum atomic E-state index is -3.49. The van der Waals surface area contributed by atoms with Gasteiger partial charge in [0.1, 0.15) is 10.7 Å². The predicted molar refractivity (Wildman–Crippen MR) is 72.5 cm³/mol. The van der Waals surface area contributed by atoms with E-state index in [-0.39, 0.29) is 10.9 Å². The van der Waals surface area contributed by atoms with E-state index in [4.69, 9.17) is 5.73 Å². The summed E-state index contributed by atoms with van der Waals surface area (Å²) in [7, 11) is -1.89. The fourth-order valence-corrected chi connectivity index (χ4v) is 3.10. The summed E-state index contributed by atoms with van der Waals surface area (Å²) in [4.78, 5) is 4.00. The smallest absolute Gasteiger partial charge is 0.244 e. The van der Waals surface area contributed by atoms with Crippen LogP contribution in [0.15, 0.2) is 23.2 Å². The molecule has 6 heteroatoms. The third-order valence-electron chi connectivity index (χ3n) is 2.87.